The number of hydrogen-bond donors (Lipinski definition) is 0. The van der Waals surface area contributed by atoms with Crippen molar-refractivity contribution in [3.05, 3.63) is 46.7 Å². The first-order valence-electron chi connectivity index (χ1n) is 7.82. The van der Waals surface area contributed by atoms with Gasteiger partial charge in [-0.2, -0.15) is 0 Å². The van der Waals surface area contributed by atoms with Crippen molar-refractivity contribution in [1.29, 1.82) is 0 Å². The van der Waals surface area contributed by atoms with Crippen LogP contribution in [-0.4, -0.2) is 32.3 Å². The molecule has 0 aliphatic carbocycles. The van der Waals surface area contributed by atoms with E-state index in [2.05, 4.69) is 10.2 Å². The van der Waals surface area contributed by atoms with Gasteiger partial charge in [0.2, 0.25) is 11.8 Å². The SMILES string of the molecule is CC(=O)c1cc(C(=O)N(Cc2nnc(C)o2)C(C)(C)C)ccc1C. The highest BCUT2D eigenvalue weighted by molar-refractivity contribution is 6.00. The fourth-order valence-corrected chi connectivity index (χ4v) is 2.44. The predicted octanol–water partition coefficient (Wildman–Crippen LogP) is 3.33. The number of carbonyl (C=O) groups excluding carboxylic acids is 2. The lowest BCUT2D eigenvalue weighted by Gasteiger charge is -2.34. The number of aromatic nitrogens is 2. The fourth-order valence-electron chi connectivity index (χ4n) is 2.44. The summed E-state index contributed by atoms with van der Waals surface area (Å²) < 4.78 is 5.41. The van der Waals surface area contributed by atoms with Crippen LogP contribution in [0.2, 0.25) is 0 Å². The van der Waals surface area contributed by atoms with Crippen LogP contribution in [0.1, 0.15) is 65.8 Å². The largest absolute Gasteiger partial charge is 0.424 e. The van der Waals surface area contributed by atoms with Crippen molar-refractivity contribution < 1.29 is 14.0 Å². The first kappa shape index (κ1) is 17.8. The molecule has 1 heterocycles. The summed E-state index contributed by atoms with van der Waals surface area (Å²) in [6.07, 6.45) is 0. The highest BCUT2D eigenvalue weighted by atomic mass is 16.4. The Balaban J connectivity index is 2.38. The number of nitrogens with zero attached hydrogens (tertiary/aromatic N) is 3. The number of Topliss-reactive ketones (excluding diaryl/α,β-unsaturated/α-hetero) is 1. The molecular formula is C18H23N3O3. The first-order chi connectivity index (χ1) is 11.1. The maximum Gasteiger partial charge on any atom is 0.254 e. The van der Waals surface area contributed by atoms with Gasteiger partial charge in [0.05, 0.1) is 6.54 Å². The summed E-state index contributed by atoms with van der Waals surface area (Å²) in [7, 11) is 0. The van der Waals surface area contributed by atoms with Gasteiger partial charge in [-0.3, -0.25) is 9.59 Å². The molecule has 128 valence electrons. The lowest BCUT2D eigenvalue weighted by molar-refractivity contribution is 0.0532. The van der Waals surface area contributed by atoms with Gasteiger partial charge in [0.1, 0.15) is 0 Å². The van der Waals surface area contributed by atoms with E-state index in [-0.39, 0.29) is 18.2 Å². The maximum absolute atomic E-state index is 13.0. The van der Waals surface area contributed by atoms with Crippen LogP contribution in [0.15, 0.2) is 22.6 Å². The summed E-state index contributed by atoms with van der Waals surface area (Å²) in [6.45, 7) is 11.1. The average Bonchev–Trinajstić information content (AvgIpc) is 2.88. The van der Waals surface area contributed by atoms with Crippen molar-refractivity contribution in [1.82, 2.24) is 15.1 Å². The first-order valence-corrected chi connectivity index (χ1v) is 7.82. The minimum absolute atomic E-state index is 0.0583. The molecule has 0 N–H and O–H groups in total. The number of benzene rings is 1. The van der Waals surface area contributed by atoms with Crippen LogP contribution in [0.25, 0.3) is 0 Å². The smallest absolute Gasteiger partial charge is 0.254 e. The minimum Gasteiger partial charge on any atom is -0.424 e. The van der Waals surface area contributed by atoms with Crippen molar-refractivity contribution in [2.75, 3.05) is 0 Å². The molecule has 1 aromatic carbocycles. The monoisotopic (exact) mass is 329 g/mol. The normalized spacial score (nSPS) is 11.4. The number of hydrogen-bond acceptors (Lipinski definition) is 5. The summed E-state index contributed by atoms with van der Waals surface area (Å²) in [5.41, 5.74) is 1.44. The third-order valence-corrected chi connectivity index (χ3v) is 3.78. The Morgan fingerprint density at radius 1 is 1.17 bits per heavy atom. The number of carbonyl (C=O) groups is 2. The Kier molecular flexibility index (Phi) is 4.87. The average molecular weight is 329 g/mol. The molecule has 0 bridgehead atoms. The van der Waals surface area contributed by atoms with Gasteiger partial charge in [-0.05, 0) is 52.3 Å². The van der Waals surface area contributed by atoms with Crippen molar-refractivity contribution in [2.24, 2.45) is 0 Å². The summed E-state index contributed by atoms with van der Waals surface area (Å²) in [6, 6.07) is 5.18. The molecule has 0 fully saturated rings. The Morgan fingerprint density at radius 3 is 2.33 bits per heavy atom. The second-order valence-corrected chi connectivity index (χ2v) is 6.86. The van der Waals surface area contributed by atoms with Crippen LogP contribution in [-0.2, 0) is 6.54 Å². The molecule has 24 heavy (non-hydrogen) atoms. The zero-order chi connectivity index (χ0) is 18.1. The quantitative estimate of drug-likeness (QED) is 0.804. The number of aryl methyl sites for hydroxylation is 2. The second kappa shape index (κ2) is 6.55. The highest BCUT2D eigenvalue weighted by Crippen LogP contribution is 2.22. The number of amides is 1. The summed E-state index contributed by atoms with van der Waals surface area (Å²) in [4.78, 5) is 26.4. The minimum atomic E-state index is -0.444. The standard InChI is InChI=1S/C18H23N3O3/c1-11-7-8-14(9-15(11)12(2)22)17(23)21(18(4,5)6)10-16-20-19-13(3)24-16/h7-9H,10H2,1-6H3. The highest BCUT2D eigenvalue weighted by Gasteiger charge is 2.29. The van der Waals surface area contributed by atoms with Gasteiger partial charge < -0.3 is 9.32 Å². The zero-order valence-electron chi connectivity index (χ0n) is 15.0. The van der Waals surface area contributed by atoms with E-state index in [1.54, 1.807) is 30.0 Å². The van der Waals surface area contributed by atoms with Gasteiger partial charge in [-0.1, -0.05) is 6.07 Å². The fraction of sp³-hybridized carbons (Fsp3) is 0.444. The van der Waals surface area contributed by atoms with Crippen LogP contribution in [0.5, 0.6) is 0 Å². The molecule has 0 atom stereocenters. The molecule has 0 spiro atoms. The van der Waals surface area contributed by atoms with E-state index in [0.29, 0.717) is 22.9 Å². The topological polar surface area (TPSA) is 76.3 Å². The van der Waals surface area contributed by atoms with Gasteiger partial charge in [0, 0.05) is 23.6 Å². The number of ketones is 1. The molecule has 6 heteroatoms. The van der Waals surface area contributed by atoms with Gasteiger partial charge in [0.15, 0.2) is 5.78 Å². The molecule has 1 aromatic heterocycles. The van der Waals surface area contributed by atoms with E-state index < -0.39 is 5.54 Å². The molecule has 1 amide bonds. The van der Waals surface area contributed by atoms with Crippen LogP contribution in [0.3, 0.4) is 0 Å². The Hall–Kier alpha value is -2.50. The second-order valence-electron chi connectivity index (χ2n) is 6.86. The third-order valence-electron chi connectivity index (χ3n) is 3.78. The van der Waals surface area contributed by atoms with Crippen LogP contribution in [0, 0.1) is 13.8 Å². The zero-order valence-corrected chi connectivity index (χ0v) is 15.0. The summed E-state index contributed by atoms with van der Waals surface area (Å²) >= 11 is 0. The molecule has 0 saturated carbocycles. The van der Waals surface area contributed by atoms with E-state index in [1.807, 2.05) is 27.7 Å². The Morgan fingerprint density at radius 2 is 1.83 bits per heavy atom. The van der Waals surface area contributed by atoms with E-state index in [9.17, 15) is 9.59 Å². The van der Waals surface area contributed by atoms with Crippen molar-refractivity contribution in [3.8, 4) is 0 Å². The van der Waals surface area contributed by atoms with Gasteiger partial charge >= 0.3 is 0 Å². The van der Waals surface area contributed by atoms with E-state index >= 15 is 0 Å². The molecule has 6 nitrogen and oxygen atoms in total. The van der Waals surface area contributed by atoms with Crippen LogP contribution >= 0.6 is 0 Å². The summed E-state index contributed by atoms with van der Waals surface area (Å²) in [5.74, 6) is 0.605. The van der Waals surface area contributed by atoms with Crippen LogP contribution < -0.4 is 0 Å². The lowest BCUT2D eigenvalue weighted by Crippen LogP contribution is -2.45. The Labute approximate surface area is 141 Å². The van der Waals surface area contributed by atoms with Crippen molar-refractivity contribution >= 4 is 11.7 Å². The molecule has 2 rings (SSSR count). The van der Waals surface area contributed by atoms with Crippen molar-refractivity contribution in [3.63, 3.8) is 0 Å². The van der Waals surface area contributed by atoms with Gasteiger partial charge in [0.25, 0.3) is 5.91 Å². The predicted molar refractivity (Wildman–Crippen MR) is 89.8 cm³/mol. The molecule has 2 aromatic rings. The maximum atomic E-state index is 13.0. The summed E-state index contributed by atoms with van der Waals surface area (Å²) in [5, 5.41) is 7.77. The number of rotatable bonds is 4. The molecule has 0 aliphatic heterocycles. The molecule has 0 unspecified atom stereocenters. The third kappa shape index (κ3) is 3.88. The lowest BCUT2D eigenvalue weighted by atomic mass is 9.99. The van der Waals surface area contributed by atoms with Crippen LogP contribution in [0.4, 0.5) is 0 Å². The molecule has 0 radical (unpaired) electrons. The molecule has 0 aliphatic rings. The van der Waals surface area contributed by atoms with E-state index in [1.165, 1.54) is 6.92 Å². The van der Waals surface area contributed by atoms with Gasteiger partial charge in [-0.15, -0.1) is 10.2 Å². The Bertz CT molecular complexity index is 772. The van der Waals surface area contributed by atoms with E-state index in [4.69, 9.17) is 4.42 Å². The molecular weight excluding hydrogens is 306 g/mol. The van der Waals surface area contributed by atoms with Gasteiger partial charge in [-0.25, -0.2) is 0 Å². The van der Waals surface area contributed by atoms with Crippen molar-refractivity contribution in [2.45, 2.75) is 53.6 Å². The van der Waals surface area contributed by atoms with E-state index in [0.717, 1.165) is 5.56 Å². The molecule has 0 saturated heterocycles.